The second-order valence-corrected chi connectivity index (χ2v) is 7.09. The number of hydrogen-bond donors (Lipinski definition) is 3. The molecule has 1 saturated heterocycles. The van der Waals surface area contributed by atoms with Gasteiger partial charge in [0.1, 0.15) is 23.5 Å². The fourth-order valence-electron chi connectivity index (χ4n) is 2.58. The van der Waals surface area contributed by atoms with E-state index in [2.05, 4.69) is 15.0 Å². The molecule has 2 unspecified atom stereocenters. The first-order chi connectivity index (χ1) is 11.5. The number of nitrogen functional groups attached to an aromatic ring is 1. The summed E-state index contributed by atoms with van der Waals surface area (Å²) in [6.07, 6.45) is -3.59. The van der Waals surface area contributed by atoms with Crippen LogP contribution in [0.1, 0.15) is 12.6 Å². The predicted octanol–water partition coefficient (Wildman–Crippen LogP) is 1.57. The number of fused-ring (bicyclic) bond motifs is 1. The molecule has 0 amide bonds. The number of aromatic nitrogens is 4. The van der Waals surface area contributed by atoms with Crippen LogP contribution in [0.5, 0.6) is 0 Å². The van der Waals surface area contributed by atoms with Crippen molar-refractivity contribution in [3.63, 3.8) is 0 Å². The summed E-state index contributed by atoms with van der Waals surface area (Å²) in [5.74, 6) is 0.323. The zero-order valence-electron chi connectivity index (χ0n) is 12.5. The van der Waals surface area contributed by atoms with Crippen LogP contribution in [0, 0.1) is 5.41 Å². The Morgan fingerprint density at radius 3 is 2.76 bits per heavy atom. The molecule has 2 aromatic heterocycles. The molecule has 0 bridgehead atoms. The first kappa shape index (κ1) is 17.8. The van der Waals surface area contributed by atoms with Gasteiger partial charge in [0.2, 0.25) is 0 Å². The number of imidazole rings is 1. The van der Waals surface area contributed by atoms with E-state index in [-0.39, 0.29) is 22.8 Å². The normalized spacial score (nSPS) is 25.2. The maximum Gasteiger partial charge on any atom is 0.400 e. The molecule has 1 aliphatic heterocycles. The molecular weight excluding hydrogens is 366 g/mol. The molecule has 0 saturated carbocycles. The van der Waals surface area contributed by atoms with Crippen molar-refractivity contribution in [3.05, 3.63) is 24.5 Å². The molecule has 1 fully saturated rings. The predicted molar refractivity (Wildman–Crippen MR) is 79.0 cm³/mol. The summed E-state index contributed by atoms with van der Waals surface area (Å²) in [4.78, 5) is 29.4. The molecule has 136 valence electrons. The van der Waals surface area contributed by atoms with Gasteiger partial charge in [-0.05, 0) is 0 Å². The third-order valence-corrected chi connectivity index (χ3v) is 4.46. The van der Waals surface area contributed by atoms with Gasteiger partial charge in [-0.15, -0.1) is 0 Å². The monoisotopic (exact) mass is 379 g/mol. The molecule has 0 radical (unpaired) electrons. The Labute approximate surface area is 138 Å². The average Bonchev–Trinajstić information content (AvgIpc) is 3.08. The van der Waals surface area contributed by atoms with Crippen LogP contribution in [0.3, 0.4) is 0 Å². The van der Waals surface area contributed by atoms with Crippen LogP contribution in [0.2, 0.25) is 0 Å². The van der Waals surface area contributed by atoms with Crippen molar-refractivity contribution < 1.29 is 32.3 Å². The number of nitrogens with two attached hydrogens (primary N) is 1. The highest BCUT2D eigenvalue weighted by Gasteiger charge is 2.58. The van der Waals surface area contributed by atoms with Crippen LogP contribution >= 0.6 is 7.60 Å². The summed E-state index contributed by atoms with van der Waals surface area (Å²) in [7, 11) is -4.75. The van der Waals surface area contributed by atoms with E-state index in [0.29, 0.717) is 6.08 Å². The summed E-state index contributed by atoms with van der Waals surface area (Å²) in [6, 6.07) is 0. The Hall–Kier alpha value is -2.01. The van der Waals surface area contributed by atoms with E-state index in [1.165, 1.54) is 10.9 Å². The second-order valence-electron chi connectivity index (χ2n) is 5.61. The number of ether oxygens (including phenoxy) is 1. The van der Waals surface area contributed by atoms with Crippen LogP contribution < -0.4 is 5.73 Å². The minimum Gasteiger partial charge on any atom is -0.382 e. The molecule has 25 heavy (non-hydrogen) atoms. The molecule has 1 aliphatic rings. The van der Waals surface area contributed by atoms with Crippen LogP contribution in [0.25, 0.3) is 11.2 Å². The van der Waals surface area contributed by atoms with Crippen molar-refractivity contribution in [1.29, 1.82) is 0 Å². The molecule has 9 nitrogen and oxygen atoms in total. The fourth-order valence-corrected chi connectivity index (χ4v) is 3.06. The molecule has 0 aromatic carbocycles. The zero-order chi connectivity index (χ0) is 18.5. The van der Waals surface area contributed by atoms with E-state index in [1.807, 2.05) is 0 Å². The SMILES string of the molecule is Nc1ncnc2c1ncn2C1CC(/C=C/P(=O)(O)O)(C(F)(F)F)CO1. The zero-order valence-corrected chi connectivity index (χ0v) is 13.4. The van der Waals surface area contributed by atoms with E-state index in [0.717, 1.165) is 6.33 Å². The van der Waals surface area contributed by atoms with Gasteiger partial charge >= 0.3 is 13.8 Å². The number of anilines is 1. The lowest BCUT2D eigenvalue weighted by Crippen LogP contribution is -2.36. The molecule has 2 atom stereocenters. The third-order valence-electron chi connectivity index (χ3n) is 3.92. The summed E-state index contributed by atoms with van der Waals surface area (Å²) < 4.78 is 58.1. The first-order valence-corrected chi connectivity index (χ1v) is 8.58. The summed E-state index contributed by atoms with van der Waals surface area (Å²) in [6.45, 7) is -0.794. The van der Waals surface area contributed by atoms with Crippen molar-refractivity contribution >= 4 is 24.6 Å². The topological polar surface area (TPSA) is 136 Å². The Balaban J connectivity index is 1.98. The molecule has 0 aliphatic carbocycles. The minimum atomic E-state index is -4.77. The summed E-state index contributed by atoms with van der Waals surface area (Å²) in [5.41, 5.74) is 3.53. The van der Waals surface area contributed by atoms with E-state index < -0.39 is 38.4 Å². The number of hydrogen-bond acceptors (Lipinski definition) is 6. The molecule has 3 rings (SSSR count). The van der Waals surface area contributed by atoms with Gasteiger partial charge in [0.15, 0.2) is 11.5 Å². The Bertz CT molecular complexity index is 879. The summed E-state index contributed by atoms with van der Waals surface area (Å²) in [5, 5.41) is 0. The average molecular weight is 379 g/mol. The number of alkyl halides is 3. The highest BCUT2D eigenvalue weighted by atomic mass is 31.2. The van der Waals surface area contributed by atoms with E-state index in [4.69, 9.17) is 20.3 Å². The quantitative estimate of drug-likeness (QED) is 0.684. The maximum atomic E-state index is 13.5. The summed E-state index contributed by atoms with van der Waals surface area (Å²) >= 11 is 0. The van der Waals surface area contributed by atoms with Gasteiger partial charge in [-0.1, -0.05) is 6.08 Å². The van der Waals surface area contributed by atoms with Crippen LogP contribution in [-0.2, 0) is 9.30 Å². The van der Waals surface area contributed by atoms with Crippen LogP contribution in [0.15, 0.2) is 24.5 Å². The van der Waals surface area contributed by atoms with Gasteiger partial charge in [-0.3, -0.25) is 9.13 Å². The molecule has 3 heterocycles. The van der Waals surface area contributed by atoms with Gasteiger partial charge in [0.25, 0.3) is 0 Å². The molecule has 13 heteroatoms. The molecule has 0 spiro atoms. The third kappa shape index (κ3) is 3.25. The smallest absolute Gasteiger partial charge is 0.382 e. The van der Waals surface area contributed by atoms with Crippen molar-refractivity contribution in [2.45, 2.75) is 18.8 Å². The van der Waals surface area contributed by atoms with E-state index in [1.54, 1.807) is 0 Å². The lowest BCUT2D eigenvalue weighted by atomic mass is 9.86. The number of rotatable bonds is 3. The van der Waals surface area contributed by atoms with Gasteiger partial charge in [-0.2, -0.15) is 13.2 Å². The van der Waals surface area contributed by atoms with E-state index >= 15 is 0 Å². The van der Waals surface area contributed by atoms with Gasteiger partial charge in [0, 0.05) is 12.2 Å². The van der Waals surface area contributed by atoms with Crippen molar-refractivity contribution in [1.82, 2.24) is 19.5 Å². The Morgan fingerprint density at radius 2 is 2.12 bits per heavy atom. The lowest BCUT2D eigenvalue weighted by Gasteiger charge is -2.26. The van der Waals surface area contributed by atoms with Crippen molar-refractivity contribution in [2.75, 3.05) is 12.3 Å². The van der Waals surface area contributed by atoms with E-state index in [9.17, 15) is 17.7 Å². The van der Waals surface area contributed by atoms with Gasteiger partial charge < -0.3 is 20.3 Å². The van der Waals surface area contributed by atoms with Gasteiger partial charge in [-0.25, -0.2) is 15.0 Å². The standard InChI is InChI=1S/C12H13F3N5O4P/c13-12(14,15)11(1-2-25(21,22)23)3-7(24-4-11)20-6-19-8-9(16)17-5-18-10(8)20/h1-2,5-7H,3-4H2,(H2,16,17,18)(H2,21,22,23)/b2-1+. The van der Waals surface area contributed by atoms with Crippen LogP contribution in [0.4, 0.5) is 19.0 Å². The first-order valence-electron chi connectivity index (χ1n) is 6.89. The van der Waals surface area contributed by atoms with Gasteiger partial charge in [0.05, 0.1) is 12.9 Å². The fraction of sp³-hybridized carbons (Fsp3) is 0.417. The Morgan fingerprint density at radius 1 is 1.40 bits per heavy atom. The van der Waals surface area contributed by atoms with Crippen LogP contribution in [-0.4, -0.2) is 42.1 Å². The van der Waals surface area contributed by atoms with Crippen molar-refractivity contribution in [2.24, 2.45) is 5.41 Å². The molecule has 4 N–H and O–H groups in total. The molecule has 2 aromatic rings. The largest absolute Gasteiger partial charge is 0.400 e. The lowest BCUT2D eigenvalue weighted by molar-refractivity contribution is -0.204. The highest BCUT2D eigenvalue weighted by molar-refractivity contribution is 7.55. The maximum absolute atomic E-state index is 13.5. The minimum absolute atomic E-state index is 0.0743. The number of nitrogens with zero attached hydrogens (tertiary/aromatic N) is 4. The number of halogens is 3. The molecular formula is C12H13F3N5O4P. The second kappa shape index (κ2) is 5.77. The van der Waals surface area contributed by atoms with Crippen molar-refractivity contribution in [3.8, 4) is 0 Å². The highest BCUT2D eigenvalue weighted by Crippen LogP contribution is 2.52. The Kier molecular flexibility index (Phi) is 4.11.